The number of nitrogens with zero attached hydrogens (tertiary/aromatic N) is 1. The fourth-order valence-electron chi connectivity index (χ4n) is 1.69. The second kappa shape index (κ2) is 3.83. The average Bonchev–Trinajstić information content (AvgIpc) is 2.70. The second-order valence-corrected chi connectivity index (χ2v) is 3.72. The molecular weight excluding hydrogens is 214 g/mol. The fraction of sp³-hybridized carbons (Fsp3) is 0. The monoisotopic (exact) mass is 225 g/mol. The van der Waals surface area contributed by atoms with E-state index in [2.05, 4.69) is 9.97 Å². The summed E-state index contributed by atoms with van der Waals surface area (Å²) in [5.41, 5.74) is 7.29. The van der Waals surface area contributed by atoms with E-state index in [1.54, 1.807) is 0 Å². The number of imidazole rings is 1. The number of hydrogen-bond donors (Lipinski definition) is 2. The van der Waals surface area contributed by atoms with Crippen LogP contribution < -0.4 is 10.5 Å². The van der Waals surface area contributed by atoms with E-state index in [0.717, 1.165) is 22.5 Å². The van der Waals surface area contributed by atoms with Gasteiger partial charge >= 0.3 is 0 Å². The van der Waals surface area contributed by atoms with Gasteiger partial charge in [0.1, 0.15) is 11.5 Å². The van der Waals surface area contributed by atoms with Crippen LogP contribution in [-0.2, 0) is 0 Å². The summed E-state index contributed by atoms with van der Waals surface area (Å²) in [5.74, 6) is 1.96. The number of rotatable bonds is 2. The molecule has 0 fully saturated rings. The van der Waals surface area contributed by atoms with Crippen LogP contribution in [0.1, 0.15) is 0 Å². The highest BCUT2D eigenvalue weighted by Crippen LogP contribution is 2.24. The minimum atomic E-state index is 0.414. The summed E-state index contributed by atoms with van der Waals surface area (Å²) < 4.78 is 5.70. The average molecular weight is 225 g/mol. The smallest absolute Gasteiger partial charge is 0.198 e. The van der Waals surface area contributed by atoms with Gasteiger partial charge in [0.25, 0.3) is 0 Å². The highest BCUT2D eigenvalue weighted by Gasteiger charge is 2.02. The molecule has 3 aromatic rings. The summed E-state index contributed by atoms with van der Waals surface area (Å²) in [6, 6.07) is 15.3. The van der Waals surface area contributed by atoms with Gasteiger partial charge in [-0.05, 0) is 24.3 Å². The Kier molecular flexibility index (Phi) is 2.19. The Morgan fingerprint density at radius 1 is 1.00 bits per heavy atom. The maximum atomic E-state index is 5.70. The molecule has 0 saturated heterocycles. The van der Waals surface area contributed by atoms with Crippen LogP contribution in [0, 0.1) is 0 Å². The fourth-order valence-corrected chi connectivity index (χ4v) is 1.69. The van der Waals surface area contributed by atoms with Gasteiger partial charge in [0.05, 0.1) is 11.0 Å². The van der Waals surface area contributed by atoms with Crippen molar-refractivity contribution in [1.82, 2.24) is 9.97 Å². The molecule has 4 heteroatoms. The lowest BCUT2D eigenvalue weighted by Crippen LogP contribution is -1.84. The summed E-state index contributed by atoms with van der Waals surface area (Å²) in [4.78, 5) is 7.12. The van der Waals surface area contributed by atoms with E-state index < -0.39 is 0 Å². The zero-order valence-corrected chi connectivity index (χ0v) is 9.05. The zero-order valence-electron chi connectivity index (χ0n) is 9.05. The Labute approximate surface area is 98.1 Å². The Hall–Kier alpha value is -2.49. The van der Waals surface area contributed by atoms with Crippen LogP contribution in [0.4, 0.5) is 5.95 Å². The highest BCUT2D eigenvalue weighted by molar-refractivity contribution is 5.78. The number of aromatic amines is 1. The zero-order chi connectivity index (χ0) is 11.7. The Bertz CT molecular complexity index is 646. The molecular formula is C13H11N3O. The Morgan fingerprint density at radius 3 is 2.65 bits per heavy atom. The van der Waals surface area contributed by atoms with Crippen molar-refractivity contribution >= 4 is 17.0 Å². The number of nitrogens with two attached hydrogens (primary N) is 1. The van der Waals surface area contributed by atoms with Crippen LogP contribution in [0.2, 0.25) is 0 Å². The van der Waals surface area contributed by atoms with Crippen LogP contribution in [0.15, 0.2) is 48.5 Å². The number of hydrogen-bond acceptors (Lipinski definition) is 3. The summed E-state index contributed by atoms with van der Waals surface area (Å²) >= 11 is 0. The van der Waals surface area contributed by atoms with Crippen LogP contribution in [0.5, 0.6) is 11.5 Å². The third-order valence-electron chi connectivity index (χ3n) is 2.45. The molecule has 17 heavy (non-hydrogen) atoms. The van der Waals surface area contributed by atoms with Crippen molar-refractivity contribution in [3.63, 3.8) is 0 Å². The molecule has 3 N–H and O–H groups in total. The molecule has 3 rings (SSSR count). The Balaban J connectivity index is 1.95. The molecule has 0 spiro atoms. The van der Waals surface area contributed by atoms with Crippen molar-refractivity contribution in [1.29, 1.82) is 0 Å². The van der Waals surface area contributed by atoms with Gasteiger partial charge in [-0.25, -0.2) is 4.98 Å². The molecule has 1 heterocycles. The van der Waals surface area contributed by atoms with Gasteiger partial charge in [-0.15, -0.1) is 0 Å². The van der Waals surface area contributed by atoms with E-state index in [0.29, 0.717) is 5.95 Å². The first-order chi connectivity index (χ1) is 8.31. The molecule has 0 aliphatic rings. The summed E-state index contributed by atoms with van der Waals surface area (Å²) in [6.45, 7) is 0. The van der Waals surface area contributed by atoms with Gasteiger partial charge in [-0.1, -0.05) is 18.2 Å². The van der Waals surface area contributed by atoms with Crippen molar-refractivity contribution in [3.8, 4) is 11.5 Å². The maximum Gasteiger partial charge on any atom is 0.198 e. The van der Waals surface area contributed by atoms with Crippen molar-refractivity contribution in [2.75, 3.05) is 5.73 Å². The minimum Gasteiger partial charge on any atom is -0.457 e. The van der Waals surface area contributed by atoms with Crippen molar-refractivity contribution in [3.05, 3.63) is 48.5 Å². The number of benzene rings is 2. The first-order valence-corrected chi connectivity index (χ1v) is 5.29. The van der Waals surface area contributed by atoms with Gasteiger partial charge < -0.3 is 15.5 Å². The molecule has 0 amide bonds. The van der Waals surface area contributed by atoms with Crippen molar-refractivity contribution in [2.45, 2.75) is 0 Å². The SMILES string of the molecule is Nc1nc2cc(Oc3ccccc3)ccc2[nH]1. The number of nitrogen functional groups attached to an aromatic ring is 1. The quantitative estimate of drug-likeness (QED) is 0.704. The number of aromatic nitrogens is 2. The maximum absolute atomic E-state index is 5.70. The van der Waals surface area contributed by atoms with E-state index in [-0.39, 0.29) is 0 Å². The van der Waals surface area contributed by atoms with Gasteiger partial charge in [0, 0.05) is 6.07 Å². The molecule has 0 bridgehead atoms. The molecule has 0 aliphatic heterocycles. The number of fused-ring (bicyclic) bond motifs is 1. The predicted octanol–water partition coefficient (Wildman–Crippen LogP) is 2.94. The van der Waals surface area contributed by atoms with Gasteiger partial charge in [0.2, 0.25) is 0 Å². The number of H-pyrrole nitrogens is 1. The molecule has 0 unspecified atom stereocenters. The third kappa shape index (κ3) is 1.92. The first-order valence-electron chi connectivity index (χ1n) is 5.29. The molecule has 2 aromatic carbocycles. The summed E-state index contributed by atoms with van der Waals surface area (Å²) in [6.07, 6.45) is 0. The molecule has 4 nitrogen and oxygen atoms in total. The first kappa shape index (κ1) is 9.72. The summed E-state index contributed by atoms with van der Waals surface area (Å²) in [7, 11) is 0. The van der Waals surface area contributed by atoms with E-state index in [9.17, 15) is 0 Å². The largest absolute Gasteiger partial charge is 0.457 e. The highest BCUT2D eigenvalue weighted by atomic mass is 16.5. The second-order valence-electron chi connectivity index (χ2n) is 3.72. The van der Waals surface area contributed by atoms with Gasteiger partial charge in [-0.3, -0.25) is 0 Å². The topological polar surface area (TPSA) is 63.9 Å². The molecule has 0 atom stereocenters. The van der Waals surface area contributed by atoms with E-state index in [1.165, 1.54) is 0 Å². The molecule has 0 aliphatic carbocycles. The molecule has 0 saturated carbocycles. The van der Waals surface area contributed by atoms with Crippen LogP contribution in [0.25, 0.3) is 11.0 Å². The lowest BCUT2D eigenvalue weighted by Gasteiger charge is -2.04. The molecule has 84 valence electrons. The van der Waals surface area contributed by atoms with Crippen molar-refractivity contribution < 1.29 is 4.74 Å². The lowest BCUT2D eigenvalue weighted by atomic mass is 10.3. The number of para-hydroxylation sites is 1. The van der Waals surface area contributed by atoms with E-state index in [4.69, 9.17) is 10.5 Å². The number of nitrogens with one attached hydrogen (secondary N) is 1. The van der Waals surface area contributed by atoms with Gasteiger partial charge in [0.15, 0.2) is 5.95 Å². The third-order valence-corrected chi connectivity index (χ3v) is 2.45. The van der Waals surface area contributed by atoms with Gasteiger partial charge in [-0.2, -0.15) is 0 Å². The standard InChI is InChI=1S/C13H11N3O/c14-13-15-11-7-6-10(8-12(11)16-13)17-9-4-2-1-3-5-9/h1-8H,(H3,14,15,16). The van der Waals surface area contributed by atoms with Crippen LogP contribution in [0.3, 0.4) is 0 Å². The van der Waals surface area contributed by atoms with E-state index in [1.807, 2.05) is 48.5 Å². The molecule has 1 aromatic heterocycles. The van der Waals surface area contributed by atoms with E-state index >= 15 is 0 Å². The number of anilines is 1. The summed E-state index contributed by atoms with van der Waals surface area (Å²) in [5, 5.41) is 0. The number of ether oxygens (including phenoxy) is 1. The van der Waals surface area contributed by atoms with Crippen LogP contribution in [-0.4, -0.2) is 9.97 Å². The Morgan fingerprint density at radius 2 is 1.82 bits per heavy atom. The lowest BCUT2D eigenvalue weighted by molar-refractivity contribution is 0.483. The van der Waals surface area contributed by atoms with Crippen LogP contribution >= 0.6 is 0 Å². The predicted molar refractivity (Wildman–Crippen MR) is 67.0 cm³/mol. The van der Waals surface area contributed by atoms with Crippen molar-refractivity contribution in [2.24, 2.45) is 0 Å². The normalized spacial score (nSPS) is 10.6. The molecule has 0 radical (unpaired) electrons. The minimum absolute atomic E-state index is 0.414.